The number of carbonyl (C=O) groups is 2. The van der Waals surface area contributed by atoms with Crippen molar-refractivity contribution in [1.82, 2.24) is 9.21 Å². The number of piperazine rings is 1. The molecule has 27 heavy (non-hydrogen) atoms. The molecular formula is C19H26N2O5S. The average molecular weight is 394 g/mol. The summed E-state index contributed by atoms with van der Waals surface area (Å²) in [6.07, 6.45) is 0.821. The fourth-order valence-corrected chi connectivity index (χ4v) is 4.69. The molecule has 1 aliphatic heterocycles. The van der Waals surface area contributed by atoms with Gasteiger partial charge in [0.25, 0.3) is 5.91 Å². The lowest BCUT2D eigenvalue weighted by molar-refractivity contribution is -0.153. The molecule has 0 radical (unpaired) electrons. The molecule has 1 aliphatic carbocycles. The molecule has 1 aromatic rings. The van der Waals surface area contributed by atoms with Gasteiger partial charge < -0.3 is 9.64 Å². The normalized spacial score (nSPS) is 23.1. The minimum absolute atomic E-state index is 0.0715. The van der Waals surface area contributed by atoms with E-state index in [4.69, 9.17) is 4.74 Å². The molecule has 3 rings (SSSR count). The van der Waals surface area contributed by atoms with Crippen LogP contribution in [0.5, 0.6) is 0 Å². The summed E-state index contributed by atoms with van der Waals surface area (Å²) in [5.74, 6) is -0.323. The van der Waals surface area contributed by atoms with Crippen molar-refractivity contribution in [2.75, 3.05) is 32.8 Å². The van der Waals surface area contributed by atoms with Gasteiger partial charge in [-0.25, -0.2) is 8.42 Å². The summed E-state index contributed by atoms with van der Waals surface area (Å²) in [5.41, 5.74) is 1.97. The lowest BCUT2D eigenvalue weighted by Crippen LogP contribution is -2.51. The van der Waals surface area contributed by atoms with Gasteiger partial charge in [0.2, 0.25) is 10.0 Å². The smallest absolute Gasteiger partial charge is 0.309 e. The lowest BCUT2D eigenvalue weighted by Gasteiger charge is -2.34. The van der Waals surface area contributed by atoms with Gasteiger partial charge in [-0.2, -0.15) is 4.31 Å². The summed E-state index contributed by atoms with van der Waals surface area (Å²) in [5, 5.41) is 0. The second-order valence-electron chi connectivity index (χ2n) is 7.46. The fraction of sp³-hybridized carbons (Fsp3) is 0.579. The van der Waals surface area contributed by atoms with Crippen LogP contribution in [0.4, 0.5) is 0 Å². The Bertz CT molecular complexity index is 844. The number of hydrogen-bond acceptors (Lipinski definition) is 5. The summed E-state index contributed by atoms with van der Waals surface area (Å²) in [7, 11) is -3.58. The molecule has 2 atom stereocenters. The highest BCUT2D eigenvalue weighted by Crippen LogP contribution is 2.38. The minimum atomic E-state index is -3.58. The number of hydrogen-bond donors (Lipinski definition) is 0. The van der Waals surface area contributed by atoms with Crippen LogP contribution in [0.2, 0.25) is 0 Å². The molecule has 7 nitrogen and oxygen atoms in total. The monoisotopic (exact) mass is 394 g/mol. The molecule has 1 heterocycles. The Morgan fingerprint density at radius 3 is 2.30 bits per heavy atom. The number of amides is 1. The van der Waals surface area contributed by atoms with Crippen molar-refractivity contribution in [2.45, 2.75) is 32.1 Å². The maximum atomic E-state index is 12.8. The third kappa shape index (κ3) is 4.32. The molecule has 2 aliphatic rings. The van der Waals surface area contributed by atoms with Crippen molar-refractivity contribution in [3.8, 4) is 0 Å². The van der Waals surface area contributed by atoms with Gasteiger partial charge in [0.15, 0.2) is 6.61 Å². The first-order chi connectivity index (χ1) is 12.7. The number of esters is 1. The van der Waals surface area contributed by atoms with Gasteiger partial charge in [-0.3, -0.25) is 9.59 Å². The molecule has 0 aromatic heterocycles. The molecule has 1 saturated carbocycles. The van der Waals surface area contributed by atoms with Crippen LogP contribution in [0.3, 0.4) is 0 Å². The van der Waals surface area contributed by atoms with Gasteiger partial charge in [0.05, 0.1) is 10.8 Å². The van der Waals surface area contributed by atoms with Crippen LogP contribution in [-0.4, -0.2) is 62.3 Å². The molecule has 0 spiro atoms. The SMILES string of the molecule is Cc1ccc(S(=O)(=O)N2CCN(C(=O)COC(=O)[C@H]3C[C@@H]3C)CC2)cc1C. The number of rotatable bonds is 5. The Kier molecular flexibility index (Phi) is 5.58. The third-order valence-corrected chi connectivity index (χ3v) is 7.35. The van der Waals surface area contributed by atoms with Crippen molar-refractivity contribution in [3.05, 3.63) is 29.3 Å². The van der Waals surface area contributed by atoms with Crippen molar-refractivity contribution in [1.29, 1.82) is 0 Å². The minimum Gasteiger partial charge on any atom is -0.455 e. The third-order valence-electron chi connectivity index (χ3n) is 5.46. The van der Waals surface area contributed by atoms with E-state index in [9.17, 15) is 18.0 Å². The van der Waals surface area contributed by atoms with Crippen LogP contribution in [0.1, 0.15) is 24.5 Å². The van der Waals surface area contributed by atoms with Gasteiger partial charge in [0.1, 0.15) is 0 Å². The van der Waals surface area contributed by atoms with E-state index in [1.54, 1.807) is 23.1 Å². The zero-order chi connectivity index (χ0) is 19.8. The van der Waals surface area contributed by atoms with Crippen LogP contribution in [0.15, 0.2) is 23.1 Å². The largest absolute Gasteiger partial charge is 0.455 e. The van der Waals surface area contributed by atoms with Crippen LogP contribution in [0, 0.1) is 25.7 Å². The molecule has 0 N–H and O–H groups in total. The standard InChI is InChI=1S/C19H26N2O5S/c1-13-4-5-16(10-14(13)2)27(24,25)21-8-6-20(7-9-21)18(22)12-26-19(23)17-11-15(17)3/h4-5,10,15,17H,6-9,11-12H2,1-3H3/t15-,17-/m0/s1. The second kappa shape index (κ2) is 7.59. The number of ether oxygens (including phenoxy) is 1. The van der Waals surface area contributed by atoms with E-state index in [-0.39, 0.29) is 42.4 Å². The lowest BCUT2D eigenvalue weighted by atomic mass is 10.1. The summed E-state index contributed by atoms with van der Waals surface area (Å²) >= 11 is 0. The Labute approximate surface area is 160 Å². The summed E-state index contributed by atoms with van der Waals surface area (Å²) in [6.45, 7) is 6.57. The highest BCUT2D eigenvalue weighted by atomic mass is 32.2. The van der Waals surface area contributed by atoms with Crippen LogP contribution in [-0.2, 0) is 24.3 Å². The van der Waals surface area contributed by atoms with E-state index in [2.05, 4.69) is 0 Å². The molecular weight excluding hydrogens is 368 g/mol. The van der Waals surface area contributed by atoms with Crippen LogP contribution in [0.25, 0.3) is 0 Å². The van der Waals surface area contributed by atoms with E-state index in [1.165, 1.54) is 4.31 Å². The van der Waals surface area contributed by atoms with Gasteiger partial charge >= 0.3 is 5.97 Å². The Balaban J connectivity index is 1.53. The molecule has 1 amide bonds. The van der Waals surface area contributed by atoms with Gasteiger partial charge in [-0.05, 0) is 49.4 Å². The van der Waals surface area contributed by atoms with Crippen molar-refractivity contribution in [3.63, 3.8) is 0 Å². The first-order valence-corrected chi connectivity index (χ1v) is 10.7. The zero-order valence-electron chi connectivity index (χ0n) is 16.0. The predicted molar refractivity (Wildman–Crippen MR) is 99.5 cm³/mol. The zero-order valence-corrected chi connectivity index (χ0v) is 16.8. The first kappa shape index (κ1) is 19.8. The molecule has 148 valence electrons. The molecule has 1 aromatic carbocycles. The van der Waals surface area contributed by atoms with Crippen LogP contribution < -0.4 is 0 Å². The highest BCUT2D eigenvalue weighted by Gasteiger charge is 2.41. The fourth-order valence-electron chi connectivity index (χ4n) is 3.18. The quantitative estimate of drug-likeness (QED) is 0.704. The number of sulfonamides is 1. The Morgan fingerprint density at radius 2 is 1.74 bits per heavy atom. The topological polar surface area (TPSA) is 84.0 Å². The predicted octanol–water partition coefficient (Wildman–Crippen LogP) is 1.34. The molecule has 8 heteroatoms. The van der Waals surface area contributed by atoms with Gasteiger partial charge in [-0.15, -0.1) is 0 Å². The number of aryl methyl sites for hydroxylation is 2. The summed E-state index contributed by atoms with van der Waals surface area (Å²) in [6, 6.07) is 5.10. The molecule has 2 fully saturated rings. The maximum Gasteiger partial charge on any atom is 0.309 e. The van der Waals surface area contributed by atoms with E-state index < -0.39 is 10.0 Å². The number of benzene rings is 1. The Hall–Kier alpha value is -1.93. The summed E-state index contributed by atoms with van der Waals surface area (Å²) in [4.78, 5) is 25.8. The number of nitrogens with zero attached hydrogens (tertiary/aromatic N) is 2. The van der Waals surface area contributed by atoms with Crippen molar-refractivity contribution < 1.29 is 22.7 Å². The summed E-state index contributed by atoms with van der Waals surface area (Å²) < 4.78 is 32.1. The molecule has 0 bridgehead atoms. The van der Waals surface area contributed by atoms with E-state index >= 15 is 0 Å². The first-order valence-electron chi connectivity index (χ1n) is 9.22. The van der Waals surface area contributed by atoms with Crippen LogP contribution >= 0.6 is 0 Å². The van der Waals surface area contributed by atoms with E-state index in [0.717, 1.165) is 17.5 Å². The maximum absolute atomic E-state index is 12.8. The van der Waals surface area contributed by atoms with Gasteiger partial charge in [-0.1, -0.05) is 13.0 Å². The molecule has 1 saturated heterocycles. The van der Waals surface area contributed by atoms with E-state index in [0.29, 0.717) is 19.0 Å². The highest BCUT2D eigenvalue weighted by molar-refractivity contribution is 7.89. The van der Waals surface area contributed by atoms with Crippen molar-refractivity contribution in [2.24, 2.45) is 11.8 Å². The van der Waals surface area contributed by atoms with Crippen molar-refractivity contribution >= 4 is 21.9 Å². The second-order valence-corrected chi connectivity index (χ2v) is 9.40. The van der Waals surface area contributed by atoms with E-state index in [1.807, 2.05) is 20.8 Å². The number of carbonyl (C=O) groups excluding carboxylic acids is 2. The van der Waals surface area contributed by atoms with Gasteiger partial charge in [0, 0.05) is 26.2 Å². The molecule has 0 unspecified atom stereocenters. The Morgan fingerprint density at radius 1 is 1.11 bits per heavy atom. The average Bonchev–Trinajstić information content (AvgIpc) is 3.38.